The van der Waals surface area contributed by atoms with E-state index in [0.29, 0.717) is 4.83 Å². The van der Waals surface area contributed by atoms with Crippen molar-refractivity contribution in [2.75, 3.05) is 5.32 Å². The molecule has 0 saturated heterocycles. The van der Waals surface area contributed by atoms with Crippen LogP contribution in [0.15, 0.2) is 4.34 Å². The van der Waals surface area contributed by atoms with E-state index in [1.807, 2.05) is 0 Å². The van der Waals surface area contributed by atoms with E-state index >= 15 is 0 Å². The van der Waals surface area contributed by atoms with Crippen molar-refractivity contribution in [3.05, 3.63) is 0 Å². The second-order valence-corrected chi connectivity index (χ2v) is 8.78. The fourth-order valence-electron chi connectivity index (χ4n) is 1.96. The predicted octanol–water partition coefficient (Wildman–Crippen LogP) is 1.48. The zero-order valence-electron chi connectivity index (χ0n) is 10.8. The maximum absolute atomic E-state index is 12.2. The summed E-state index contributed by atoms with van der Waals surface area (Å²) in [6, 6.07) is -0.0677. The summed E-state index contributed by atoms with van der Waals surface area (Å²) in [5.41, 5.74) is 0. The van der Waals surface area contributed by atoms with Gasteiger partial charge in [-0.2, -0.15) is 0 Å². The van der Waals surface area contributed by atoms with Gasteiger partial charge in [0.1, 0.15) is 0 Å². The number of sulfonamides is 1. The summed E-state index contributed by atoms with van der Waals surface area (Å²) >= 11 is 4.37. The molecule has 10 heteroatoms. The molecule has 0 atom stereocenters. The molecule has 112 valence electrons. The Balaban J connectivity index is 2.02. The summed E-state index contributed by atoms with van der Waals surface area (Å²) in [7, 11) is -3.66. The van der Waals surface area contributed by atoms with E-state index in [1.165, 1.54) is 6.92 Å². The number of hydrogen-bond acceptors (Lipinski definition) is 6. The molecule has 1 aliphatic rings. The smallest absolute Gasteiger partial charge is 0.270 e. The van der Waals surface area contributed by atoms with Crippen molar-refractivity contribution < 1.29 is 13.2 Å². The Bertz CT molecular complexity index is 581. The monoisotopic (exact) mass is 382 g/mol. The first-order valence-electron chi connectivity index (χ1n) is 6.14. The molecule has 7 nitrogen and oxygen atoms in total. The SMILES string of the molecule is CC(=O)Nc1nnc(S(=O)(=O)NC2CCC(Br)CC2)s1. The molecule has 1 amide bonds. The number of aromatic nitrogens is 2. The molecule has 2 N–H and O–H groups in total. The van der Waals surface area contributed by atoms with Gasteiger partial charge in [-0.1, -0.05) is 27.3 Å². The van der Waals surface area contributed by atoms with E-state index in [0.717, 1.165) is 37.0 Å². The highest BCUT2D eigenvalue weighted by Gasteiger charge is 2.27. The van der Waals surface area contributed by atoms with Gasteiger partial charge in [-0.3, -0.25) is 4.79 Å². The molecule has 1 saturated carbocycles. The van der Waals surface area contributed by atoms with E-state index in [4.69, 9.17) is 0 Å². The molecule has 0 aliphatic heterocycles. The Labute approximate surface area is 129 Å². The number of carbonyl (C=O) groups excluding carboxylic acids is 1. The number of alkyl halides is 1. The molecule has 1 aliphatic carbocycles. The molecule has 1 aromatic heterocycles. The first kappa shape index (κ1) is 15.8. The van der Waals surface area contributed by atoms with Gasteiger partial charge < -0.3 is 5.32 Å². The average Bonchev–Trinajstić information content (AvgIpc) is 2.80. The fraction of sp³-hybridized carbons (Fsp3) is 0.700. The summed E-state index contributed by atoms with van der Waals surface area (Å²) in [6.45, 7) is 1.33. The van der Waals surface area contributed by atoms with Gasteiger partial charge in [0.2, 0.25) is 15.4 Å². The van der Waals surface area contributed by atoms with Crippen LogP contribution >= 0.6 is 27.3 Å². The minimum Gasteiger partial charge on any atom is -0.301 e. The standard InChI is InChI=1S/C10H15BrN4O3S2/c1-6(16)12-9-13-14-10(19-9)20(17,18)15-8-4-2-7(11)3-5-8/h7-8,15H,2-5H2,1H3,(H,12,13,16). The van der Waals surface area contributed by atoms with Crippen LogP contribution in [-0.4, -0.2) is 35.4 Å². The van der Waals surface area contributed by atoms with Crippen LogP contribution in [0.2, 0.25) is 0 Å². The molecular formula is C10H15BrN4O3S2. The van der Waals surface area contributed by atoms with Crippen molar-refractivity contribution in [1.29, 1.82) is 0 Å². The molecule has 0 bridgehead atoms. The van der Waals surface area contributed by atoms with Crippen LogP contribution in [0.1, 0.15) is 32.6 Å². The minimum absolute atomic E-state index is 0.0677. The third-order valence-corrected chi connectivity index (χ3v) is 6.54. The topological polar surface area (TPSA) is 101 Å². The summed E-state index contributed by atoms with van der Waals surface area (Å²) in [4.78, 5) is 11.3. The van der Waals surface area contributed by atoms with Crippen molar-refractivity contribution in [2.24, 2.45) is 0 Å². The van der Waals surface area contributed by atoms with Gasteiger partial charge in [0, 0.05) is 17.8 Å². The predicted molar refractivity (Wildman–Crippen MR) is 79.5 cm³/mol. The van der Waals surface area contributed by atoms with Crippen LogP contribution < -0.4 is 10.0 Å². The molecule has 1 fully saturated rings. The molecule has 1 aromatic rings. The summed E-state index contributed by atoms with van der Waals surface area (Å²) in [5.74, 6) is -0.311. The first-order chi connectivity index (χ1) is 9.37. The quantitative estimate of drug-likeness (QED) is 0.606. The molecule has 0 unspecified atom stereocenters. The van der Waals surface area contributed by atoms with E-state index in [-0.39, 0.29) is 21.4 Å². The Morgan fingerprint density at radius 2 is 1.95 bits per heavy atom. The fourth-order valence-corrected chi connectivity index (χ4v) is 4.76. The molecule has 0 radical (unpaired) electrons. The maximum atomic E-state index is 12.2. The van der Waals surface area contributed by atoms with E-state index in [9.17, 15) is 13.2 Å². The Morgan fingerprint density at radius 3 is 2.55 bits per heavy atom. The van der Waals surface area contributed by atoms with Gasteiger partial charge in [-0.05, 0) is 25.7 Å². The lowest BCUT2D eigenvalue weighted by atomic mass is 9.96. The Morgan fingerprint density at radius 1 is 1.30 bits per heavy atom. The minimum atomic E-state index is -3.66. The van der Waals surface area contributed by atoms with E-state index in [1.54, 1.807) is 0 Å². The lowest BCUT2D eigenvalue weighted by molar-refractivity contribution is -0.114. The van der Waals surface area contributed by atoms with Crippen molar-refractivity contribution >= 4 is 48.3 Å². The molecule has 0 aromatic carbocycles. The lowest BCUT2D eigenvalue weighted by Crippen LogP contribution is -2.37. The lowest BCUT2D eigenvalue weighted by Gasteiger charge is -2.25. The molecule has 2 rings (SSSR count). The highest BCUT2D eigenvalue weighted by atomic mass is 79.9. The zero-order chi connectivity index (χ0) is 14.8. The zero-order valence-corrected chi connectivity index (χ0v) is 14.0. The number of rotatable bonds is 4. The van der Waals surface area contributed by atoms with Gasteiger partial charge in [-0.15, -0.1) is 10.2 Å². The van der Waals surface area contributed by atoms with Gasteiger partial charge >= 0.3 is 0 Å². The van der Waals surface area contributed by atoms with Crippen molar-refractivity contribution in [3.8, 4) is 0 Å². The molecule has 20 heavy (non-hydrogen) atoms. The van der Waals surface area contributed by atoms with Gasteiger partial charge in [0.15, 0.2) is 0 Å². The van der Waals surface area contributed by atoms with Crippen molar-refractivity contribution in [3.63, 3.8) is 0 Å². The van der Waals surface area contributed by atoms with Crippen LogP contribution in [0, 0.1) is 0 Å². The van der Waals surface area contributed by atoms with Crippen LogP contribution in [0.4, 0.5) is 5.13 Å². The number of amides is 1. The number of nitrogens with zero attached hydrogens (tertiary/aromatic N) is 2. The van der Waals surface area contributed by atoms with Crippen molar-refractivity contribution in [2.45, 2.75) is 47.8 Å². The number of anilines is 1. The van der Waals surface area contributed by atoms with Crippen molar-refractivity contribution in [1.82, 2.24) is 14.9 Å². The molecule has 0 spiro atoms. The van der Waals surface area contributed by atoms with E-state index in [2.05, 4.69) is 36.2 Å². The second-order valence-electron chi connectivity index (χ2n) is 4.62. The molecule has 1 heterocycles. The number of nitrogens with one attached hydrogen (secondary N) is 2. The summed E-state index contributed by atoms with van der Waals surface area (Å²) < 4.78 is 26.8. The molecular weight excluding hydrogens is 368 g/mol. The van der Waals surface area contributed by atoms with E-state index < -0.39 is 10.0 Å². The maximum Gasteiger partial charge on any atom is 0.270 e. The summed E-state index contributed by atoms with van der Waals surface area (Å²) in [5, 5.41) is 9.85. The largest absolute Gasteiger partial charge is 0.301 e. The highest BCUT2D eigenvalue weighted by molar-refractivity contribution is 9.09. The van der Waals surface area contributed by atoms with Gasteiger partial charge in [-0.25, -0.2) is 13.1 Å². The van der Waals surface area contributed by atoms with Crippen LogP contribution in [0.5, 0.6) is 0 Å². The second kappa shape index (κ2) is 6.46. The summed E-state index contributed by atoms with van der Waals surface area (Å²) in [6.07, 6.45) is 3.49. The van der Waals surface area contributed by atoms with Gasteiger partial charge in [0.05, 0.1) is 0 Å². The Kier molecular flexibility index (Phi) is 5.10. The van der Waals surface area contributed by atoms with Gasteiger partial charge in [0.25, 0.3) is 10.0 Å². The number of halogens is 1. The highest BCUT2D eigenvalue weighted by Crippen LogP contribution is 2.26. The van der Waals surface area contributed by atoms with Crippen LogP contribution in [-0.2, 0) is 14.8 Å². The Hall–Kier alpha value is -0.580. The number of hydrogen-bond donors (Lipinski definition) is 2. The average molecular weight is 383 g/mol. The van der Waals surface area contributed by atoms with Crippen LogP contribution in [0.3, 0.4) is 0 Å². The first-order valence-corrected chi connectivity index (χ1v) is 9.36. The number of carbonyl (C=O) groups is 1. The third kappa shape index (κ3) is 4.21. The van der Waals surface area contributed by atoms with Crippen LogP contribution in [0.25, 0.3) is 0 Å². The third-order valence-electron chi connectivity index (χ3n) is 2.90. The normalized spacial score (nSPS) is 23.5.